The Balaban J connectivity index is 1.82. The summed E-state index contributed by atoms with van der Waals surface area (Å²) in [6.45, 7) is 0.683. The molecule has 2 heterocycles. The van der Waals surface area contributed by atoms with Crippen molar-refractivity contribution in [1.29, 1.82) is 0 Å². The summed E-state index contributed by atoms with van der Waals surface area (Å²) < 4.78 is 0. The number of nitrogens with one attached hydrogen (secondary N) is 2. The first-order valence-electron chi connectivity index (χ1n) is 5.83. The quantitative estimate of drug-likeness (QED) is 0.747. The number of rotatable bonds is 3. The molecule has 2 N–H and O–H groups in total. The summed E-state index contributed by atoms with van der Waals surface area (Å²) in [7, 11) is 0. The second kappa shape index (κ2) is 5.11. The first-order valence-corrected chi connectivity index (χ1v) is 6.59. The van der Waals surface area contributed by atoms with Gasteiger partial charge >= 0.3 is 0 Å². The summed E-state index contributed by atoms with van der Waals surface area (Å²) in [6.07, 6.45) is 3.73. The zero-order valence-electron chi connectivity index (χ0n) is 9.95. The van der Waals surface area contributed by atoms with Crippen molar-refractivity contribution in [2.24, 2.45) is 0 Å². The number of aromatic nitrogens is 2. The molecule has 1 aromatic carbocycles. The number of hydrogen-bond acceptors (Lipinski definition) is 2. The maximum absolute atomic E-state index is 5.97. The summed E-state index contributed by atoms with van der Waals surface area (Å²) in [5, 5.41) is 5.66. The molecule has 2 aromatic heterocycles. The minimum absolute atomic E-state index is 0.621. The normalized spacial score (nSPS) is 10.8. The average molecular weight is 292 g/mol. The monoisotopic (exact) mass is 291 g/mol. The van der Waals surface area contributed by atoms with E-state index in [9.17, 15) is 0 Å². The van der Waals surface area contributed by atoms with Crippen molar-refractivity contribution in [3.63, 3.8) is 0 Å². The number of fused-ring (bicyclic) bond motifs is 1. The molecule has 3 rings (SSSR count). The number of H-pyrrole nitrogens is 1. The van der Waals surface area contributed by atoms with E-state index < -0.39 is 0 Å². The molecule has 0 spiro atoms. The lowest BCUT2D eigenvalue weighted by Crippen LogP contribution is -1.98. The van der Waals surface area contributed by atoms with Crippen LogP contribution in [-0.4, -0.2) is 9.97 Å². The smallest absolute Gasteiger partial charge is 0.137 e. The molecule has 0 fully saturated rings. The van der Waals surface area contributed by atoms with Gasteiger partial charge in [0.15, 0.2) is 0 Å². The minimum atomic E-state index is 0.621. The van der Waals surface area contributed by atoms with Crippen molar-refractivity contribution < 1.29 is 0 Å². The van der Waals surface area contributed by atoms with Gasteiger partial charge in [-0.2, -0.15) is 0 Å². The van der Waals surface area contributed by atoms with E-state index in [-0.39, 0.29) is 0 Å². The van der Waals surface area contributed by atoms with Crippen LogP contribution in [0.5, 0.6) is 0 Å². The van der Waals surface area contributed by atoms with Gasteiger partial charge in [0.25, 0.3) is 0 Å². The van der Waals surface area contributed by atoms with Gasteiger partial charge in [0.1, 0.15) is 5.65 Å². The topological polar surface area (TPSA) is 40.7 Å². The third-order valence-electron chi connectivity index (χ3n) is 2.88. The highest BCUT2D eigenvalue weighted by Gasteiger charge is 2.04. The number of aromatic amines is 1. The number of anilines is 1. The molecule has 0 saturated heterocycles. The summed E-state index contributed by atoms with van der Waals surface area (Å²) in [4.78, 5) is 7.40. The van der Waals surface area contributed by atoms with Gasteiger partial charge in [0.05, 0.1) is 0 Å². The molecular weight excluding hydrogens is 281 g/mol. The fourth-order valence-electron chi connectivity index (χ4n) is 2.01. The van der Waals surface area contributed by atoms with Crippen LogP contribution in [0.3, 0.4) is 0 Å². The minimum Gasteiger partial charge on any atom is -0.381 e. The highest BCUT2D eigenvalue weighted by atomic mass is 35.5. The zero-order chi connectivity index (χ0) is 13.2. The molecule has 0 aliphatic rings. The van der Waals surface area contributed by atoms with Crippen molar-refractivity contribution >= 4 is 39.9 Å². The van der Waals surface area contributed by atoms with Crippen LogP contribution in [0.25, 0.3) is 11.0 Å². The Labute approximate surface area is 120 Å². The molecular formula is C14H11Cl2N3. The Morgan fingerprint density at radius 3 is 2.74 bits per heavy atom. The lowest BCUT2D eigenvalue weighted by molar-refractivity contribution is 1.16. The lowest BCUT2D eigenvalue weighted by Gasteiger charge is -2.06. The van der Waals surface area contributed by atoms with Crippen molar-refractivity contribution in [1.82, 2.24) is 9.97 Å². The Bertz CT molecular complexity index is 701. The predicted molar refractivity (Wildman–Crippen MR) is 79.9 cm³/mol. The Morgan fingerprint density at radius 2 is 1.95 bits per heavy atom. The Morgan fingerprint density at radius 1 is 1.16 bits per heavy atom. The second-order valence-electron chi connectivity index (χ2n) is 4.23. The van der Waals surface area contributed by atoms with E-state index in [0.717, 1.165) is 22.3 Å². The molecule has 3 aromatic rings. The van der Waals surface area contributed by atoms with Gasteiger partial charge in [-0.3, -0.25) is 0 Å². The molecule has 0 saturated carbocycles. The van der Waals surface area contributed by atoms with E-state index >= 15 is 0 Å². The highest BCUT2D eigenvalue weighted by molar-refractivity contribution is 6.35. The van der Waals surface area contributed by atoms with E-state index in [1.165, 1.54) is 0 Å². The van der Waals surface area contributed by atoms with Gasteiger partial charge in [-0.25, -0.2) is 4.98 Å². The van der Waals surface area contributed by atoms with E-state index in [2.05, 4.69) is 15.3 Å². The number of pyridine rings is 1. The van der Waals surface area contributed by atoms with Gasteiger partial charge in [0, 0.05) is 40.1 Å². The molecule has 3 nitrogen and oxygen atoms in total. The van der Waals surface area contributed by atoms with Gasteiger partial charge in [-0.1, -0.05) is 23.2 Å². The van der Waals surface area contributed by atoms with Crippen molar-refractivity contribution in [3.05, 3.63) is 58.3 Å². The molecule has 0 aliphatic carbocycles. The number of nitrogens with zero attached hydrogens (tertiary/aromatic N) is 1. The first-order chi connectivity index (χ1) is 9.22. The molecule has 0 unspecified atom stereocenters. The molecule has 19 heavy (non-hydrogen) atoms. The first kappa shape index (κ1) is 12.3. The van der Waals surface area contributed by atoms with Crippen LogP contribution < -0.4 is 5.32 Å². The average Bonchev–Trinajstić information content (AvgIpc) is 2.78. The van der Waals surface area contributed by atoms with Crippen LogP contribution in [0, 0.1) is 0 Å². The standard InChI is InChI=1S/C14H11Cl2N3/c15-10-4-11(16)6-12(5-10)18-7-9-8-19-14-13(9)2-1-3-17-14/h1-6,8,18H,7H2,(H,17,19). The Hall–Kier alpha value is -1.71. The lowest BCUT2D eigenvalue weighted by atomic mass is 10.2. The van der Waals surface area contributed by atoms with Crippen LogP contribution in [-0.2, 0) is 6.54 Å². The third kappa shape index (κ3) is 2.67. The van der Waals surface area contributed by atoms with Crippen LogP contribution in [0.15, 0.2) is 42.7 Å². The molecule has 0 aliphatic heterocycles. The molecule has 0 atom stereocenters. The fraction of sp³-hybridized carbons (Fsp3) is 0.0714. The van der Waals surface area contributed by atoms with Crippen LogP contribution in [0.1, 0.15) is 5.56 Å². The summed E-state index contributed by atoms with van der Waals surface area (Å²) in [6, 6.07) is 9.38. The van der Waals surface area contributed by atoms with Crippen molar-refractivity contribution in [2.75, 3.05) is 5.32 Å². The second-order valence-corrected chi connectivity index (χ2v) is 5.10. The number of halogens is 2. The highest BCUT2D eigenvalue weighted by Crippen LogP contribution is 2.23. The van der Waals surface area contributed by atoms with Crippen LogP contribution >= 0.6 is 23.2 Å². The van der Waals surface area contributed by atoms with Gasteiger partial charge in [0.2, 0.25) is 0 Å². The molecule has 96 valence electrons. The van der Waals surface area contributed by atoms with E-state index in [0.29, 0.717) is 16.6 Å². The van der Waals surface area contributed by atoms with Crippen LogP contribution in [0.2, 0.25) is 10.0 Å². The number of hydrogen-bond donors (Lipinski definition) is 2. The molecule has 0 radical (unpaired) electrons. The van der Waals surface area contributed by atoms with Crippen LogP contribution in [0.4, 0.5) is 5.69 Å². The number of benzene rings is 1. The molecule has 5 heteroatoms. The van der Waals surface area contributed by atoms with Gasteiger partial charge in [-0.05, 0) is 35.9 Å². The molecule has 0 bridgehead atoms. The SMILES string of the molecule is Clc1cc(Cl)cc(NCc2c[nH]c3ncccc23)c1. The summed E-state index contributed by atoms with van der Waals surface area (Å²) in [5.74, 6) is 0. The largest absolute Gasteiger partial charge is 0.381 e. The summed E-state index contributed by atoms with van der Waals surface area (Å²) in [5.41, 5.74) is 2.94. The van der Waals surface area contributed by atoms with Crippen molar-refractivity contribution in [2.45, 2.75) is 6.54 Å². The van der Waals surface area contributed by atoms with Gasteiger partial charge in [-0.15, -0.1) is 0 Å². The fourth-order valence-corrected chi connectivity index (χ4v) is 2.54. The zero-order valence-corrected chi connectivity index (χ0v) is 11.5. The predicted octanol–water partition coefficient (Wildman–Crippen LogP) is 4.48. The molecule has 0 amide bonds. The maximum Gasteiger partial charge on any atom is 0.137 e. The van der Waals surface area contributed by atoms with E-state index in [1.807, 2.05) is 30.5 Å². The maximum atomic E-state index is 5.97. The van der Waals surface area contributed by atoms with E-state index in [4.69, 9.17) is 23.2 Å². The van der Waals surface area contributed by atoms with Crippen molar-refractivity contribution in [3.8, 4) is 0 Å². The van der Waals surface area contributed by atoms with E-state index in [1.54, 1.807) is 12.3 Å². The third-order valence-corrected chi connectivity index (χ3v) is 3.32. The summed E-state index contributed by atoms with van der Waals surface area (Å²) >= 11 is 11.9. The van der Waals surface area contributed by atoms with Gasteiger partial charge < -0.3 is 10.3 Å². The Kier molecular flexibility index (Phi) is 3.32.